The largest absolute Gasteiger partial charge is 0.328 e. The van der Waals surface area contributed by atoms with Crippen LogP contribution in [-0.4, -0.2) is 20.1 Å². The van der Waals surface area contributed by atoms with Gasteiger partial charge in [-0.25, -0.2) is 0 Å². The maximum Gasteiger partial charge on any atom is 0.247 e. The highest BCUT2D eigenvalue weighted by Gasteiger charge is 2.38. The molecule has 0 saturated heterocycles. The Bertz CT molecular complexity index is 1790. The summed E-state index contributed by atoms with van der Waals surface area (Å²) in [5.74, 6) is 0. The van der Waals surface area contributed by atoms with Gasteiger partial charge in [-0.3, -0.25) is 0 Å². The maximum absolute atomic E-state index is 2.44. The molecule has 9 rings (SSSR count). The van der Waals surface area contributed by atoms with Crippen molar-refractivity contribution in [1.82, 2.24) is 0 Å². The number of nitrogens with zero attached hydrogens (tertiary/aromatic N) is 4. The lowest BCUT2D eigenvalue weighted by atomic mass is 9.36. The van der Waals surface area contributed by atoms with Gasteiger partial charge in [0.15, 0.2) is 0 Å². The molecule has 0 saturated carbocycles. The molecule has 0 unspecified atom stereocenters. The van der Waals surface area contributed by atoms with Crippen LogP contribution >= 0.6 is 23.5 Å². The van der Waals surface area contributed by atoms with E-state index < -0.39 is 0 Å². The lowest BCUT2D eigenvalue weighted by Crippen LogP contribution is -2.58. The molecule has 0 radical (unpaired) electrons. The lowest BCUT2D eigenvalue weighted by molar-refractivity contribution is 0.975. The van der Waals surface area contributed by atoms with E-state index >= 15 is 0 Å². The van der Waals surface area contributed by atoms with Crippen LogP contribution in [0.15, 0.2) is 160 Å². The summed E-state index contributed by atoms with van der Waals surface area (Å²) < 4.78 is 0. The van der Waals surface area contributed by atoms with Gasteiger partial charge in [0, 0.05) is 67.1 Å². The van der Waals surface area contributed by atoms with Gasteiger partial charge in [0.25, 0.3) is 0 Å². The molecule has 0 aromatic heterocycles. The topological polar surface area (TPSA) is 13.0 Å². The number of para-hydroxylation sites is 2. The highest BCUT2D eigenvalue weighted by molar-refractivity contribution is 8.01. The monoisotopic (exact) mass is 590 g/mol. The zero-order valence-corrected chi connectivity index (χ0v) is 25.0. The fraction of sp³-hybridized carbons (Fsp3) is 0.0556. The Kier molecular flexibility index (Phi) is 5.88. The van der Waals surface area contributed by atoms with Crippen LogP contribution in [0.3, 0.4) is 0 Å². The van der Waals surface area contributed by atoms with E-state index in [0.717, 1.165) is 13.3 Å². The van der Waals surface area contributed by atoms with Crippen molar-refractivity contribution in [2.75, 3.05) is 32.9 Å². The quantitative estimate of drug-likeness (QED) is 0.212. The van der Waals surface area contributed by atoms with Gasteiger partial charge in [0.1, 0.15) is 0 Å². The van der Waals surface area contributed by atoms with Gasteiger partial charge >= 0.3 is 0 Å². The van der Waals surface area contributed by atoms with Crippen molar-refractivity contribution >= 4 is 69.4 Å². The highest BCUT2D eigenvalue weighted by atomic mass is 32.2. The fourth-order valence-electron chi connectivity index (χ4n) is 6.52. The fourth-order valence-corrected chi connectivity index (χ4v) is 8.89. The van der Waals surface area contributed by atoms with Crippen LogP contribution in [0, 0.1) is 0 Å². The second-order valence-electron chi connectivity index (χ2n) is 11.2. The van der Waals surface area contributed by atoms with Crippen molar-refractivity contribution in [2.24, 2.45) is 0 Å². The smallest absolute Gasteiger partial charge is 0.247 e. The summed E-state index contributed by atoms with van der Waals surface area (Å²) in [5.41, 5.74) is 9.13. The zero-order valence-electron chi connectivity index (χ0n) is 23.4. The first-order valence-electron chi connectivity index (χ1n) is 14.6. The average Bonchev–Trinajstić information content (AvgIpc) is 3.77. The van der Waals surface area contributed by atoms with E-state index in [9.17, 15) is 0 Å². The van der Waals surface area contributed by atoms with E-state index in [1.54, 1.807) is 0 Å². The number of anilines is 4. The first-order valence-corrected chi connectivity index (χ1v) is 16.2. The van der Waals surface area contributed by atoms with Crippen molar-refractivity contribution in [3.63, 3.8) is 0 Å². The average molecular weight is 591 g/mol. The molecule has 206 valence electrons. The summed E-state index contributed by atoms with van der Waals surface area (Å²) in [6, 6.07) is 42.1. The van der Waals surface area contributed by atoms with Gasteiger partial charge in [-0.05, 0) is 78.3 Å². The van der Waals surface area contributed by atoms with Crippen molar-refractivity contribution in [1.29, 1.82) is 0 Å². The highest BCUT2D eigenvalue weighted by Crippen LogP contribution is 2.40. The molecule has 0 fully saturated rings. The molecule has 0 aliphatic carbocycles. The Morgan fingerprint density at radius 3 is 1.33 bits per heavy atom. The van der Waals surface area contributed by atoms with Crippen molar-refractivity contribution in [3.8, 4) is 0 Å². The first kappa shape index (κ1) is 25.1. The molecule has 7 heteroatoms. The van der Waals surface area contributed by atoms with Crippen molar-refractivity contribution in [3.05, 3.63) is 140 Å². The predicted octanol–water partition coefficient (Wildman–Crippen LogP) is 6.64. The van der Waals surface area contributed by atoms with E-state index in [1.165, 1.54) is 58.7 Å². The Labute approximate surface area is 261 Å². The Hall–Kier alpha value is -4.46. The van der Waals surface area contributed by atoms with Crippen LogP contribution in [0.4, 0.5) is 22.7 Å². The molecule has 5 aromatic carbocycles. The molecular formula is C36H27BN4S2. The summed E-state index contributed by atoms with van der Waals surface area (Å²) in [6.07, 6.45) is 8.76. The van der Waals surface area contributed by atoms with Gasteiger partial charge in [-0.15, -0.1) is 0 Å². The van der Waals surface area contributed by atoms with E-state index in [0.29, 0.717) is 0 Å². The van der Waals surface area contributed by atoms with E-state index in [1.807, 2.05) is 23.5 Å². The second kappa shape index (κ2) is 10.1. The number of hydrogen-bond donors (Lipinski definition) is 0. The first-order chi connectivity index (χ1) is 21.3. The SMILES string of the molecule is C1=CN(c2ccc3c(c2)B2c4cc(N5C=CN(c6ccccc6)C5)ccc4Sc4cccc(c42)S3)CN1c1ccccc1. The molecule has 4 aliphatic heterocycles. The normalized spacial score (nSPS) is 16.0. The molecule has 4 nitrogen and oxygen atoms in total. The third kappa shape index (κ3) is 4.26. The van der Waals surface area contributed by atoms with E-state index in [2.05, 4.69) is 160 Å². The molecule has 43 heavy (non-hydrogen) atoms. The molecule has 0 N–H and O–H groups in total. The van der Waals surface area contributed by atoms with Gasteiger partial charge in [-0.2, -0.15) is 0 Å². The molecule has 0 spiro atoms. The second-order valence-corrected chi connectivity index (χ2v) is 13.3. The van der Waals surface area contributed by atoms with Gasteiger partial charge in [0.05, 0.1) is 13.3 Å². The summed E-state index contributed by atoms with van der Waals surface area (Å²) in [6.45, 7) is 1.81. The zero-order chi connectivity index (χ0) is 28.3. The molecule has 5 aromatic rings. The number of rotatable bonds is 4. The molecule has 0 atom stereocenters. The minimum absolute atomic E-state index is 0.201. The van der Waals surface area contributed by atoms with Crippen LogP contribution in [-0.2, 0) is 0 Å². The van der Waals surface area contributed by atoms with Crippen LogP contribution in [0.25, 0.3) is 0 Å². The number of hydrogen-bond acceptors (Lipinski definition) is 6. The van der Waals surface area contributed by atoms with Crippen LogP contribution in [0.2, 0.25) is 0 Å². The molecule has 0 amide bonds. The predicted molar refractivity (Wildman–Crippen MR) is 183 cm³/mol. The molecule has 4 heterocycles. The lowest BCUT2D eigenvalue weighted by Gasteiger charge is -2.34. The standard InChI is InChI=1S/C36H27BN4S2/c1-3-8-26(9-4-1)38-18-20-40(24-38)28-14-16-32-30(22-28)37-31-23-29(41-21-19-39(25-41)27-10-5-2-6-11-27)15-17-33(31)43-35-13-7-12-34(42-32)36(35)37/h1-23H,24-25H2. The van der Waals surface area contributed by atoms with Crippen molar-refractivity contribution < 1.29 is 0 Å². The minimum Gasteiger partial charge on any atom is -0.328 e. The van der Waals surface area contributed by atoms with Gasteiger partial charge in [0.2, 0.25) is 6.71 Å². The third-order valence-electron chi connectivity index (χ3n) is 8.66. The van der Waals surface area contributed by atoms with Crippen LogP contribution in [0.5, 0.6) is 0 Å². The molecule has 0 bridgehead atoms. The molecular weight excluding hydrogens is 563 g/mol. The number of fused-ring (bicyclic) bond motifs is 4. The molecule has 4 aliphatic rings. The van der Waals surface area contributed by atoms with E-state index in [4.69, 9.17) is 0 Å². The van der Waals surface area contributed by atoms with Crippen LogP contribution in [0.1, 0.15) is 0 Å². The Morgan fingerprint density at radius 1 is 0.419 bits per heavy atom. The van der Waals surface area contributed by atoms with Crippen molar-refractivity contribution in [2.45, 2.75) is 19.6 Å². The van der Waals surface area contributed by atoms with Crippen LogP contribution < -0.4 is 36.0 Å². The Balaban J connectivity index is 1.08. The summed E-state index contributed by atoms with van der Waals surface area (Å²) >= 11 is 3.82. The summed E-state index contributed by atoms with van der Waals surface area (Å²) in [4.78, 5) is 14.7. The third-order valence-corrected chi connectivity index (χ3v) is 11.0. The van der Waals surface area contributed by atoms with Gasteiger partial charge in [-0.1, -0.05) is 76.9 Å². The summed E-state index contributed by atoms with van der Waals surface area (Å²) in [5, 5.41) is 0. The van der Waals surface area contributed by atoms with Gasteiger partial charge < -0.3 is 19.6 Å². The maximum atomic E-state index is 2.44. The Morgan fingerprint density at radius 2 is 0.860 bits per heavy atom. The minimum atomic E-state index is 0.201. The summed E-state index contributed by atoms with van der Waals surface area (Å²) in [7, 11) is 0. The van der Waals surface area contributed by atoms with E-state index in [-0.39, 0.29) is 6.71 Å². The number of benzene rings is 5.